The fourth-order valence-corrected chi connectivity index (χ4v) is 1.38. The molecule has 66 valence electrons. The van der Waals surface area contributed by atoms with Crippen molar-refractivity contribution in [2.45, 2.75) is 6.23 Å². The lowest BCUT2D eigenvalue weighted by molar-refractivity contribution is 0.0851. The molecule has 1 heterocycles. The van der Waals surface area contributed by atoms with Crippen molar-refractivity contribution in [3.63, 3.8) is 0 Å². The monoisotopic (exact) mass is 178 g/mol. The Morgan fingerprint density at radius 2 is 2.23 bits per heavy atom. The Bertz CT molecular complexity index is 389. The topological polar surface area (TPSA) is 78.8 Å². The lowest BCUT2D eigenvalue weighted by Gasteiger charge is -2.00. The van der Waals surface area contributed by atoms with E-state index in [-0.39, 0.29) is 11.3 Å². The van der Waals surface area contributed by atoms with Gasteiger partial charge in [-0.05, 0) is 11.2 Å². The van der Waals surface area contributed by atoms with Crippen molar-refractivity contribution in [3.05, 3.63) is 34.2 Å². The summed E-state index contributed by atoms with van der Waals surface area (Å²) in [7, 11) is 0. The third-order valence-corrected chi connectivity index (χ3v) is 1.96. The Kier molecular flexibility index (Phi) is 1.60. The molecule has 1 atom stereocenters. The highest BCUT2D eigenvalue weighted by molar-refractivity contribution is 6.03. The molecule has 2 N–H and O–H groups in total. The van der Waals surface area contributed by atoms with Crippen LogP contribution in [-0.4, -0.2) is 11.0 Å². The van der Waals surface area contributed by atoms with Crippen molar-refractivity contribution >= 4 is 11.6 Å². The number of aliphatic hydroxyl groups is 1. The fourth-order valence-electron chi connectivity index (χ4n) is 1.38. The number of aliphatic hydroxyl groups excluding tert-OH is 1. The van der Waals surface area contributed by atoms with Crippen LogP contribution in [0.5, 0.6) is 0 Å². The highest BCUT2D eigenvalue weighted by Gasteiger charge is 2.29. The molecule has 0 aliphatic carbocycles. The van der Waals surface area contributed by atoms with E-state index in [2.05, 4.69) is 10.5 Å². The zero-order chi connectivity index (χ0) is 9.42. The number of hydrogen-bond acceptors (Lipinski definition) is 4. The van der Waals surface area contributed by atoms with Gasteiger partial charge in [-0.2, -0.15) is 0 Å². The minimum Gasteiger partial charge on any atom is -0.369 e. The number of carbonyl (C=O) groups excluding carboxylic acids is 1. The Morgan fingerprint density at radius 3 is 2.92 bits per heavy atom. The predicted molar refractivity (Wildman–Crippen MR) is 44.3 cm³/mol. The van der Waals surface area contributed by atoms with Gasteiger partial charge >= 0.3 is 0 Å². The maximum absolute atomic E-state index is 11.2. The fraction of sp³-hybridized carbons (Fsp3) is 0.125. The smallest absolute Gasteiger partial charge is 0.256 e. The summed E-state index contributed by atoms with van der Waals surface area (Å²) in [6, 6.07) is 4.58. The van der Waals surface area contributed by atoms with Crippen molar-refractivity contribution in [3.8, 4) is 0 Å². The van der Waals surface area contributed by atoms with Crippen LogP contribution in [0.4, 0.5) is 5.69 Å². The summed E-state index contributed by atoms with van der Waals surface area (Å²) in [5.74, 6) is -0.460. The largest absolute Gasteiger partial charge is 0.369 e. The number of rotatable bonds is 1. The van der Waals surface area contributed by atoms with E-state index in [1.807, 2.05) is 0 Å². The second-order valence-corrected chi connectivity index (χ2v) is 2.71. The van der Waals surface area contributed by atoms with Gasteiger partial charge in [0, 0.05) is 5.56 Å². The van der Waals surface area contributed by atoms with Gasteiger partial charge in [0.05, 0.1) is 5.56 Å². The van der Waals surface area contributed by atoms with Crippen molar-refractivity contribution in [1.82, 2.24) is 5.32 Å². The predicted octanol–water partition coefficient (Wildman–Crippen LogP) is 0.819. The zero-order valence-electron chi connectivity index (χ0n) is 6.52. The molecule has 1 aliphatic heterocycles. The van der Waals surface area contributed by atoms with Crippen LogP contribution in [0.1, 0.15) is 22.1 Å². The van der Waals surface area contributed by atoms with Gasteiger partial charge < -0.3 is 10.4 Å². The second-order valence-electron chi connectivity index (χ2n) is 2.71. The van der Waals surface area contributed by atoms with E-state index < -0.39 is 12.1 Å². The summed E-state index contributed by atoms with van der Waals surface area (Å²) in [5.41, 5.74) is 0.638. The van der Waals surface area contributed by atoms with E-state index in [4.69, 9.17) is 0 Å². The second kappa shape index (κ2) is 2.63. The van der Waals surface area contributed by atoms with Crippen molar-refractivity contribution < 1.29 is 9.90 Å². The quantitative estimate of drug-likeness (QED) is 0.625. The van der Waals surface area contributed by atoms with Gasteiger partial charge in [0.2, 0.25) is 0 Å². The molecular weight excluding hydrogens is 172 g/mol. The molecular formula is C8H6N2O3. The minimum atomic E-state index is -1.02. The first-order valence-electron chi connectivity index (χ1n) is 3.69. The number of nitrogens with zero attached hydrogens (tertiary/aromatic N) is 1. The Labute approximate surface area is 73.4 Å². The number of nitroso groups, excluding NO2 is 1. The summed E-state index contributed by atoms with van der Waals surface area (Å²) in [4.78, 5) is 21.5. The first kappa shape index (κ1) is 7.88. The Morgan fingerprint density at radius 1 is 1.46 bits per heavy atom. The lowest BCUT2D eigenvalue weighted by atomic mass is 10.1. The number of hydrogen-bond donors (Lipinski definition) is 2. The molecule has 13 heavy (non-hydrogen) atoms. The molecule has 0 radical (unpaired) electrons. The molecule has 0 fully saturated rings. The van der Waals surface area contributed by atoms with Crippen LogP contribution in [0.25, 0.3) is 0 Å². The molecule has 0 aromatic heterocycles. The van der Waals surface area contributed by atoms with Gasteiger partial charge in [0.1, 0.15) is 5.69 Å². The van der Waals surface area contributed by atoms with Crippen LogP contribution < -0.4 is 5.32 Å². The van der Waals surface area contributed by atoms with Crippen molar-refractivity contribution in [1.29, 1.82) is 0 Å². The van der Waals surface area contributed by atoms with E-state index in [9.17, 15) is 14.8 Å². The molecule has 1 aromatic rings. The van der Waals surface area contributed by atoms with Crippen LogP contribution in [0.15, 0.2) is 23.4 Å². The van der Waals surface area contributed by atoms with Crippen molar-refractivity contribution in [2.24, 2.45) is 5.18 Å². The zero-order valence-corrected chi connectivity index (χ0v) is 6.52. The molecule has 0 spiro atoms. The molecule has 1 unspecified atom stereocenters. The molecule has 0 saturated heterocycles. The summed E-state index contributed by atoms with van der Waals surface area (Å²) >= 11 is 0. The molecule has 0 bridgehead atoms. The number of benzene rings is 1. The average molecular weight is 178 g/mol. The molecule has 0 saturated carbocycles. The van der Waals surface area contributed by atoms with Crippen LogP contribution in [0, 0.1) is 4.91 Å². The van der Waals surface area contributed by atoms with Gasteiger partial charge in [0.15, 0.2) is 6.23 Å². The van der Waals surface area contributed by atoms with Gasteiger partial charge in [-0.3, -0.25) is 4.79 Å². The minimum absolute atomic E-state index is 0.0616. The van der Waals surface area contributed by atoms with Crippen LogP contribution in [0.3, 0.4) is 0 Å². The number of amides is 1. The summed E-state index contributed by atoms with van der Waals surface area (Å²) in [6.45, 7) is 0. The molecule has 1 amide bonds. The Hall–Kier alpha value is -1.75. The molecule has 1 aliphatic rings. The maximum Gasteiger partial charge on any atom is 0.256 e. The van der Waals surface area contributed by atoms with E-state index >= 15 is 0 Å². The van der Waals surface area contributed by atoms with Gasteiger partial charge in [0.25, 0.3) is 5.91 Å². The first-order chi connectivity index (χ1) is 6.24. The van der Waals surface area contributed by atoms with Crippen LogP contribution in [-0.2, 0) is 0 Å². The summed E-state index contributed by atoms with van der Waals surface area (Å²) in [6.07, 6.45) is -1.02. The van der Waals surface area contributed by atoms with E-state index in [0.29, 0.717) is 5.56 Å². The van der Waals surface area contributed by atoms with E-state index in [1.165, 1.54) is 6.07 Å². The van der Waals surface area contributed by atoms with Crippen LogP contribution >= 0.6 is 0 Å². The number of fused-ring (bicyclic) bond motifs is 1. The van der Waals surface area contributed by atoms with Crippen molar-refractivity contribution in [2.75, 3.05) is 0 Å². The first-order valence-corrected chi connectivity index (χ1v) is 3.69. The third kappa shape index (κ3) is 1.01. The lowest BCUT2D eigenvalue weighted by Crippen LogP contribution is -2.18. The average Bonchev–Trinajstić information content (AvgIpc) is 2.43. The SMILES string of the molecule is O=Nc1cccc2c1C(=O)NC2O. The van der Waals surface area contributed by atoms with Gasteiger partial charge in [-0.25, -0.2) is 0 Å². The molecule has 5 heteroatoms. The van der Waals surface area contributed by atoms with E-state index in [0.717, 1.165) is 0 Å². The maximum atomic E-state index is 11.2. The third-order valence-electron chi connectivity index (χ3n) is 1.96. The Balaban J connectivity index is 2.68. The number of nitrogens with one attached hydrogen (secondary N) is 1. The molecule has 1 aromatic carbocycles. The molecule has 5 nitrogen and oxygen atoms in total. The normalized spacial score (nSPS) is 19.5. The summed E-state index contributed by atoms with van der Waals surface area (Å²) < 4.78 is 0. The number of carbonyl (C=O) groups is 1. The van der Waals surface area contributed by atoms with Crippen LogP contribution in [0.2, 0.25) is 0 Å². The summed E-state index contributed by atoms with van der Waals surface area (Å²) in [5, 5.41) is 14.3. The standard InChI is InChI=1S/C8H6N2O3/c11-7-4-2-1-3-5(10-13)6(4)8(12)9-7/h1-3,7,11H,(H,9,12). The van der Waals surface area contributed by atoms with E-state index in [1.54, 1.807) is 12.1 Å². The molecule has 2 rings (SSSR count). The van der Waals surface area contributed by atoms with Gasteiger partial charge in [-0.1, -0.05) is 12.1 Å². The highest BCUT2D eigenvalue weighted by Crippen LogP contribution is 2.30. The highest BCUT2D eigenvalue weighted by atomic mass is 16.3. The van der Waals surface area contributed by atoms with Gasteiger partial charge in [-0.15, -0.1) is 4.91 Å².